The van der Waals surface area contributed by atoms with E-state index in [4.69, 9.17) is 5.26 Å². The van der Waals surface area contributed by atoms with Crippen molar-refractivity contribution < 1.29 is 27.4 Å². The SMILES string of the molecule is COC(=O)c1ccc(C(F)(F)F)cc1OC#N.S. The van der Waals surface area contributed by atoms with E-state index in [2.05, 4.69) is 9.47 Å². The van der Waals surface area contributed by atoms with Crippen LogP contribution in [0.3, 0.4) is 0 Å². The summed E-state index contributed by atoms with van der Waals surface area (Å²) in [6, 6.07) is 2.16. The smallest absolute Gasteiger partial charge is 0.416 e. The summed E-state index contributed by atoms with van der Waals surface area (Å²) >= 11 is 0. The Kier molecular flexibility index (Phi) is 5.52. The molecule has 0 aromatic heterocycles. The molecule has 1 aromatic carbocycles. The van der Waals surface area contributed by atoms with Gasteiger partial charge in [-0.25, -0.2) is 4.79 Å². The molecule has 0 atom stereocenters. The highest BCUT2D eigenvalue weighted by atomic mass is 32.1. The molecule has 0 aliphatic heterocycles. The summed E-state index contributed by atoms with van der Waals surface area (Å²) in [5, 5.41) is 8.29. The zero-order valence-electron chi connectivity index (χ0n) is 9.04. The number of hydrogen-bond donors (Lipinski definition) is 0. The average molecular weight is 279 g/mol. The minimum absolute atomic E-state index is 0. The molecule has 0 N–H and O–H groups in total. The van der Waals surface area contributed by atoms with E-state index in [1.165, 1.54) is 6.26 Å². The predicted octanol–water partition coefficient (Wildman–Crippen LogP) is 2.46. The van der Waals surface area contributed by atoms with E-state index in [1.807, 2.05) is 0 Å². The Morgan fingerprint density at radius 2 is 2.00 bits per heavy atom. The number of carbonyl (C=O) groups excluding carboxylic acids is 1. The number of carbonyl (C=O) groups is 1. The lowest BCUT2D eigenvalue weighted by molar-refractivity contribution is -0.137. The van der Waals surface area contributed by atoms with Crippen LogP contribution in [-0.2, 0) is 10.9 Å². The number of hydrogen-bond acceptors (Lipinski definition) is 4. The Balaban J connectivity index is 0.00000289. The van der Waals surface area contributed by atoms with Crippen LogP contribution < -0.4 is 4.74 Å². The third-order valence-electron chi connectivity index (χ3n) is 1.87. The fourth-order valence-corrected chi connectivity index (χ4v) is 1.11. The average Bonchev–Trinajstić information content (AvgIpc) is 2.27. The van der Waals surface area contributed by atoms with Crippen molar-refractivity contribution >= 4 is 19.5 Å². The van der Waals surface area contributed by atoms with Crippen LogP contribution in [0.25, 0.3) is 0 Å². The topological polar surface area (TPSA) is 59.3 Å². The Hall–Kier alpha value is -1.88. The minimum atomic E-state index is -4.58. The predicted molar refractivity (Wildman–Crippen MR) is 59.4 cm³/mol. The van der Waals surface area contributed by atoms with Crippen molar-refractivity contribution in [1.29, 1.82) is 5.26 Å². The van der Waals surface area contributed by atoms with E-state index < -0.39 is 23.5 Å². The van der Waals surface area contributed by atoms with Crippen LogP contribution in [0, 0.1) is 11.5 Å². The van der Waals surface area contributed by atoms with Crippen LogP contribution in [0.4, 0.5) is 13.2 Å². The summed E-state index contributed by atoms with van der Waals surface area (Å²) in [7, 11) is 1.07. The van der Waals surface area contributed by atoms with Crippen molar-refractivity contribution in [1.82, 2.24) is 0 Å². The van der Waals surface area contributed by atoms with Gasteiger partial charge in [0.15, 0.2) is 5.75 Å². The standard InChI is InChI=1S/C10H6F3NO3.H2S/c1-16-9(15)7-3-2-6(10(11,12)13)4-8(7)17-5-14;/h2-4H,1H3;1H2. The zero-order valence-corrected chi connectivity index (χ0v) is 10.0. The summed E-state index contributed by atoms with van der Waals surface area (Å²) in [4.78, 5) is 11.2. The molecule has 4 nitrogen and oxygen atoms in total. The van der Waals surface area contributed by atoms with Crippen LogP contribution in [0.2, 0.25) is 0 Å². The fourth-order valence-electron chi connectivity index (χ4n) is 1.11. The number of rotatable bonds is 2. The van der Waals surface area contributed by atoms with Crippen molar-refractivity contribution in [2.24, 2.45) is 0 Å². The minimum Gasteiger partial charge on any atom is -0.465 e. The molecule has 0 saturated heterocycles. The van der Waals surface area contributed by atoms with Gasteiger partial charge in [0.2, 0.25) is 0 Å². The number of nitrogens with zero attached hydrogens (tertiary/aromatic N) is 1. The van der Waals surface area contributed by atoms with E-state index in [1.54, 1.807) is 0 Å². The molecule has 0 aliphatic rings. The molecule has 0 saturated carbocycles. The maximum atomic E-state index is 12.4. The molecule has 0 unspecified atom stereocenters. The number of halogens is 3. The molecule has 0 spiro atoms. The monoisotopic (exact) mass is 279 g/mol. The second-order valence-corrected chi connectivity index (χ2v) is 2.89. The normalized spacial score (nSPS) is 9.94. The van der Waals surface area contributed by atoms with Crippen LogP contribution >= 0.6 is 13.5 Å². The van der Waals surface area contributed by atoms with Crippen molar-refractivity contribution in [2.75, 3.05) is 7.11 Å². The van der Waals surface area contributed by atoms with E-state index in [0.717, 1.165) is 13.2 Å². The molecule has 18 heavy (non-hydrogen) atoms. The molecule has 98 valence electrons. The Labute approximate surface area is 107 Å². The van der Waals surface area contributed by atoms with Crippen LogP contribution in [-0.4, -0.2) is 13.1 Å². The first-order valence-corrected chi connectivity index (χ1v) is 4.25. The second kappa shape index (κ2) is 6.16. The molecule has 1 aromatic rings. The van der Waals surface area contributed by atoms with Gasteiger partial charge in [0, 0.05) is 0 Å². The molecule has 0 fully saturated rings. The molecular formula is C10H8F3NO3S. The van der Waals surface area contributed by atoms with Gasteiger partial charge in [0.1, 0.15) is 5.56 Å². The van der Waals surface area contributed by atoms with E-state index >= 15 is 0 Å². The molecular weight excluding hydrogens is 271 g/mol. The van der Waals surface area contributed by atoms with Gasteiger partial charge in [0.25, 0.3) is 6.26 Å². The van der Waals surface area contributed by atoms with E-state index in [9.17, 15) is 18.0 Å². The maximum absolute atomic E-state index is 12.4. The van der Waals surface area contributed by atoms with Crippen LogP contribution in [0.1, 0.15) is 15.9 Å². The molecule has 0 aliphatic carbocycles. The van der Waals surface area contributed by atoms with Gasteiger partial charge in [0.05, 0.1) is 12.7 Å². The number of nitriles is 1. The van der Waals surface area contributed by atoms with Gasteiger partial charge in [-0.2, -0.15) is 26.7 Å². The molecule has 0 bridgehead atoms. The van der Waals surface area contributed by atoms with Gasteiger partial charge in [-0.1, -0.05) is 0 Å². The summed E-state index contributed by atoms with van der Waals surface area (Å²) in [6.07, 6.45) is -3.37. The van der Waals surface area contributed by atoms with Crippen LogP contribution in [0.5, 0.6) is 5.75 Å². The zero-order chi connectivity index (χ0) is 13.1. The number of alkyl halides is 3. The molecule has 8 heteroatoms. The van der Waals surface area contributed by atoms with Crippen molar-refractivity contribution in [3.8, 4) is 12.0 Å². The Morgan fingerprint density at radius 3 is 2.44 bits per heavy atom. The second-order valence-electron chi connectivity index (χ2n) is 2.89. The number of ether oxygens (including phenoxy) is 2. The van der Waals surface area contributed by atoms with Gasteiger partial charge < -0.3 is 9.47 Å². The maximum Gasteiger partial charge on any atom is 0.416 e. The highest BCUT2D eigenvalue weighted by Gasteiger charge is 2.32. The lowest BCUT2D eigenvalue weighted by Gasteiger charge is -2.09. The number of methoxy groups -OCH3 is 1. The van der Waals surface area contributed by atoms with Crippen LogP contribution in [0.15, 0.2) is 18.2 Å². The largest absolute Gasteiger partial charge is 0.465 e. The first kappa shape index (κ1) is 16.1. The van der Waals surface area contributed by atoms with Gasteiger partial charge in [-0.15, -0.1) is 5.26 Å². The lowest BCUT2D eigenvalue weighted by atomic mass is 10.1. The summed E-state index contributed by atoms with van der Waals surface area (Å²) < 4.78 is 45.7. The first-order valence-electron chi connectivity index (χ1n) is 4.25. The van der Waals surface area contributed by atoms with Gasteiger partial charge in [-0.05, 0) is 18.2 Å². The quantitative estimate of drug-likeness (QED) is 0.616. The van der Waals surface area contributed by atoms with E-state index in [-0.39, 0.29) is 19.1 Å². The summed E-state index contributed by atoms with van der Waals surface area (Å²) in [5.74, 6) is -1.38. The Bertz CT molecular complexity index is 482. The molecule has 0 heterocycles. The molecule has 0 amide bonds. The molecule has 0 radical (unpaired) electrons. The summed E-state index contributed by atoms with van der Waals surface area (Å²) in [6.45, 7) is 0. The van der Waals surface area contributed by atoms with Crippen molar-refractivity contribution in [3.63, 3.8) is 0 Å². The Morgan fingerprint density at radius 1 is 1.39 bits per heavy atom. The lowest BCUT2D eigenvalue weighted by Crippen LogP contribution is -2.09. The highest BCUT2D eigenvalue weighted by Crippen LogP contribution is 2.33. The fraction of sp³-hybridized carbons (Fsp3) is 0.200. The van der Waals surface area contributed by atoms with E-state index in [0.29, 0.717) is 12.1 Å². The number of benzene rings is 1. The highest BCUT2D eigenvalue weighted by molar-refractivity contribution is 7.59. The third kappa shape index (κ3) is 3.56. The van der Waals surface area contributed by atoms with Gasteiger partial charge >= 0.3 is 12.1 Å². The third-order valence-corrected chi connectivity index (χ3v) is 1.87. The van der Waals surface area contributed by atoms with Crippen molar-refractivity contribution in [2.45, 2.75) is 6.18 Å². The number of esters is 1. The van der Waals surface area contributed by atoms with Crippen molar-refractivity contribution in [3.05, 3.63) is 29.3 Å². The van der Waals surface area contributed by atoms with Gasteiger partial charge in [-0.3, -0.25) is 0 Å². The first-order chi connectivity index (χ1) is 7.90. The summed E-state index contributed by atoms with van der Waals surface area (Å²) in [5.41, 5.74) is -1.27. The molecule has 1 rings (SSSR count).